The van der Waals surface area contributed by atoms with Crippen LogP contribution in [-0.2, 0) is 4.84 Å². The smallest absolute Gasteiger partial charge is 0.137 e. The van der Waals surface area contributed by atoms with Crippen molar-refractivity contribution in [2.45, 2.75) is 23.9 Å². The highest BCUT2D eigenvalue weighted by atomic mass is 127. The van der Waals surface area contributed by atoms with E-state index < -0.39 is 0 Å². The Morgan fingerprint density at radius 2 is 2.00 bits per heavy atom. The van der Waals surface area contributed by atoms with Gasteiger partial charge in [-0.05, 0) is 35.9 Å². The van der Waals surface area contributed by atoms with Crippen molar-refractivity contribution in [1.82, 2.24) is 5.06 Å². The molecule has 0 aliphatic carbocycles. The van der Waals surface area contributed by atoms with E-state index in [0.29, 0.717) is 0 Å². The summed E-state index contributed by atoms with van der Waals surface area (Å²) in [5.41, 5.74) is 0. The number of hydroxylamine groups is 2. The second kappa shape index (κ2) is 3.73. The lowest BCUT2D eigenvalue weighted by molar-refractivity contribution is -0.166. The summed E-state index contributed by atoms with van der Waals surface area (Å²) in [5.74, 6) is 0. The highest BCUT2D eigenvalue weighted by Crippen LogP contribution is 2.23. The van der Waals surface area contributed by atoms with Crippen LogP contribution in [-0.4, -0.2) is 22.8 Å². The maximum atomic E-state index is 5.41. The van der Waals surface area contributed by atoms with E-state index in [-0.39, 0.29) is 3.61 Å². The predicted molar refractivity (Wildman–Crippen MR) is 47.5 cm³/mol. The fourth-order valence-corrected chi connectivity index (χ4v) is 0.839. The number of hydrogen-bond donors (Lipinski definition) is 0. The van der Waals surface area contributed by atoms with Crippen LogP contribution in [0.25, 0.3) is 0 Å². The molecule has 0 aliphatic rings. The van der Waals surface area contributed by atoms with Crippen molar-refractivity contribution in [3.8, 4) is 0 Å². The second-order valence-corrected chi connectivity index (χ2v) is 4.64. The van der Waals surface area contributed by atoms with E-state index in [2.05, 4.69) is 36.4 Å². The SMILES string of the molecule is CCC(C)(I)ON(C)C. The van der Waals surface area contributed by atoms with Crippen molar-refractivity contribution in [3.63, 3.8) is 0 Å². The molecule has 3 heteroatoms. The van der Waals surface area contributed by atoms with Gasteiger partial charge >= 0.3 is 0 Å². The fourth-order valence-electron chi connectivity index (χ4n) is 0.445. The molecule has 0 N–H and O–H groups in total. The Bertz CT molecular complexity index is 83.1. The van der Waals surface area contributed by atoms with E-state index in [9.17, 15) is 0 Å². The van der Waals surface area contributed by atoms with Gasteiger partial charge in [0, 0.05) is 14.1 Å². The van der Waals surface area contributed by atoms with Crippen LogP contribution in [0, 0.1) is 0 Å². The van der Waals surface area contributed by atoms with Crippen LogP contribution in [0.5, 0.6) is 0 Å². The van der Waals surface area contributed by atoms with E-state index in [1.807, 2.05) is 14.1 Å². The number of hydrogen-bond acceptors (Lipinski definition) is 2. The van der Waals surface area contributed by atoms with Crippen LogP contribution in [0.2, 0.25) is 0 Å². The zero-order valence-electron chi connectivity index (χ0n) is 6.44. The van der Waals surface area contributed by atoms with Gasteiger partial charge in [-0.1, -0.05) is 6.92 Å². The summed E-state index contributed by atoms with van der Waals surface area (Å²) in [7, 11) is 3.79. The van der Waals surface area contributed by atoms with Crippen molar-refractivity contribution in [2.75, 3.05) is 14.1 Å². The first kappa shape index (κ1) is 9.65. The van der Waals surface area contributed by atoms with Gasteiger partial charge in [0.2, 0.25) is 0 Å². The molecule has 0 bridgehead atoms. The van der Waals surface area contributed by atoms with E-state index in [1.54, 1.807) is 5.06 Å². The Morgan fingerprint density at radius 3 is 2.11 bits per heavy atom. The van der Waals surface area contributed by atoms with Gasteiger partial charge in [0.05, 0.1) is 0 Å². The first-order chi connectivity index (χ1) is 3.98. The largest absolute Gasteiger partial charge is 0.283 e. The third kappa shape index (κ3) is 5.11. The van der Waals surface area contributed by atoms with Crippen LogP contribution >= 0.6 is 22.6 Å². The summed E-state index contributed by atoms with van der Waals surface area (Å²) in [6.45, 7) is 4.17. The lowest BCUT2D eigenvalue weighted by atomic mass is 10.3. The summed E-state index contributed by atoms with van der Waals surface area (Å²) in [5, 5.41) is 1.73. The van der Waals surface area contributed by atoms with E-state index >= 15 is 0 Å². The summed E-state index contributed by atoms with van der Waals surface area (Å²) in [6.07, 6.45) is 1.02. The Morgan fingerprint density at radius 1 is 1.56 bits per heavy atom. The van der Waals surface area contributed by atoms with Crippen LogP contribution in [0.1, 0.15) is 20.3 Å². The van der Waals surface area contributed by atoms with Crippen LogP contribution < -0.4 is 0 Å². The molecule has 0 aliphatic heterocycles. The molecule has 0 saturated heterocycles. The van der Waals surface area contributed by atoms with Gasteiger partial charge in [-0.15, -0.1) is 0 Å². The maximum absolute atomic E-state index is 5.41. The highest BCUT2D eigenvalue weighted by molar-refractivity contribution is 14.1. The quantitative estimate of drug-likeness (QED) is 0.427. The third-order valence-electron chi connectivity index (χ3n) is 1.00. The van der Waals surface area contributed by atoms with Crippen molar-refractivity contribution in [3.05, 3.63) is 0 Å². The predicted octanol–water partition coefficient (Wildman–Crippen LogP) is 2.04. The molecule has 0 rings (SSSR count). The number of halogens is 1. The highest BCUT2D eigenvalue weighted by Gasteiger charge is 2.18. The molecule has 0 fully saturated rings. The first-order valence-electron chi connectivity index (χ1n) is 3.03. The minimum atomic E-state index is -0.0404. The third-order valence-corrected chi connectivity index (χ3v) is 1.96. The first-order valence-corrected chi connectivity index (χ1v) is 4.11. The van der Waals surface area contributed by atoms with Gasteiger partial charge in [0.25, 0.3) is 0 Å². The molecule has 0 saturated carbocycles. The van der Waals surface area contributed by atoms with E-state index in [0.717, 1.165) is 6.42 Å². The van der Waals surface area contributed by atoms with Crippen molar-refractivity contribution in [2.24, 2.45) is 0 Å². The van der Waals surface area contributed by atoms with Gasteiger partial charge in [0.1, 0.15) is 3.61 Å². The average molecular weight is 243 g/mol. The topological polar surface area (TPSA) is 12.5 Å². The van der Waals surface area contributed by atoms with Gasteiger partial charge in [-0.3, -0.25) is 4.84 Å². The minimum Gasteiger partial charge on any atom is -0.283 e. The summed E-state index contributed by atoms with van der Waals surface area (Å²) < 4.78 is -0.0404. The zero-order valence-corrected chi connectivity index (χ0v) is 8.60. The number of alkyl halides is 1. The van der Waals surface area contributed by atoms with Gasteiger partial charge in [-0.2, -0.15) is 5.06 Å². The van der Waals surface area contributed by atoms with Gasteiger partial charge < -0.3 is 0 Å². The molecule has 0 amide bonds. The summed E-state index contributed by atoms with van der Waals surface area (Å²) in [6, 6.07) is 0. The lowest BCUT2D eigenvalue weighted by Crippen LogP contribution is -2.27. The van der Waals surface area contributed by atoms with Gasteiger partial charge in [0.15, 0.2) is 0 Å². The molecule has 0 aromatic heterocycles. The van der Waals surface area contributed by atoms with Crippen molar-refractivity contribution in [1.29, 1.82) is 0 Å². The Labute approximate surface area is 70.7 Å². The molecule has 9 heavy (non-hydrogen) atoms. The molecular formula is C6H14INO. The molecule has 1 unspecified atom stereocenters. The molecule has 0 aromatic rings. The molecule has 0 spiro atoms. The Balaban J connectivity index is 3.58. The van der Waals surface area contributed by atoms with Crippen LogP contribution in [0.4, 0.5) is 0 Å². The average Bonchev–Trinajstić information content (AvgIpc) is 1.63. The summed E-state index contributed by atoms with van der Waals surface area (Å²) >= 11 is 2.29. The normalized spacial score (nSPS) is 18.0. The fraction of sp³-hybridized carbons (Fsp3) is 1.00. The number of nitrogens with zero attached hydrogens (tertiary/aromatic N) is 1. The molecular weight excluding hydrogens is 229 g/mol. The lowest BCUT2D eigenvalue weighted by Gasteiger charge is -2.24. The van der Waals surface area contributed by atoms with Gasteiger partial charge in [-0.25, -0.2) is 0 Å². The van der Waals surface area contributed by atoms with Crippen molar-refractivity contribution >= 4 is 22.6 Å². The van der Waals surface area contributed by atoms with Crippen LogP contribution in [0.15, 0.2) is 0 Å². The van der Waals surface area contributed by atoms with Crippen LogP contribution in [0.3, 0.4) is 0 Å². The van der Waals surface area contributed by atoms with E-state index in [1.165, 1.54) is 0 Å². The standard InChI is InChI=1S/C6H14INO/c1-5-6(2,7)9-8(3)4/h5H2,1-4H3. The molecule has 0 radical (unpaired) electrons. The van der Waals surface area contributed by atoms with Crippen molar-refractivity contribution < 1.29 is 4.84 Å². The summed E-state index contributed by atoms with van der Waals surface area (Å²) in [4.78, 5) is 5.41. The monoisotopic (exact) mass is 243 g/mol. The second-order valence-electron chi connectivity index (χ2n) is 2.36. The Kier molecular flexibility index (Phi) is 4.00. The molecule has 1 atom stereocenters. The molecule has 56 valence electrons. The van der Waals surface area contributed by atoms with E-state index in [4.69, 9.17) is 4.84 Å². The Hall–Kier alpha value is 0.650. The molecule has 2 nitrogen and oxygen atoms in total. The number of rotatable bonds is 3. The minimum absolute atomic E-state index is 0.0404. The molecule has 0 heterocycles. The molecule has 0 aromatic carbocycles. The zero-order chi connectivity index (χ0) is 7.49. The maximum Gasteiger partial charge on any atom is 0.137 e.